The van der Waals surface area contributed by atoms with Crippen molar-refractivity contribution in [2.45, 2.75) is 11.8 Å². The van der Waals surface area contributed by atoms with Crippen LogP contribution in [0.3, 0.4) is 0 Å². The van der Waals surface area contributed by atoms with Crippen LogP contribution in [-0.4, -0.2) is 18.9 Å². The van der Waals surface area contributed by atoms with Gasteiger partial charge >= 0.3 is 0 Å². The molecule has 31 heavy (non-hydrogen) atoms. The summed E-state index contributed by atoms with van der Waals surface area (Å²) in [5, 5.41) is 0. The standard InChI is InChI=1S/C27H23NO3/c1-31-21-14-12-20(13-15-21)28-26(29)24-22(18-8-4-2-5-9-18)16-17-23(25(24)27(28)30)19-10-6-3-7-11-19/h2-17,22-25H,1H3/t22-,23+,24+,25-. The highest BCUT2D eigenvalue weighted by molar-refractivity contribution is 6.23. The molecule has 5 rings (SSSR count). The molecule has 4 heteroatoms. The zero-order valence-electron chi connectivity index (χ0n) is 17.2. The number of imide groups is 1. The van der Waals surface area contributed by atoms with Crippen LogP contribution in [0.15, 0.2) is 97.1 Å². The minimum atomic E-state index is -0.438. The van der Waals surface area contributed by atoms with Gasteiger partial charge in [0.25, 0.3) is 0 Å². The van der Waals surface area contributed by atoms with Gasteiger partial charge in [-0.05, 0) is 35.4 Å². The molecule has 0 aromatic heterocycles. The molecule has 0 radical (unpaired) electrons. The normalized spacial score (nSPS) is 24.9. The van der Waals surface area contributed by atoms with Crippen LogP contribution in [0.5, 0.6) is 5.75 Å². The molecule has 0 spiro atoms. The highest BCUT2D eigenvalue weighted by Crippen LogP contribution is 2.50. The van der Waals surface area contributed by atoms with E-state index in [1.807, 2.05) is 60.7 Å². The second kappa shape index (κ2) is 7.88. The molecule has 2 aliphatic rings. The predicted molar refractivity (Wildman–Crippen MR) is 120 cm³/mol. The quantitative estimate of drug-likeness (QED) is 0.453. The first kappa shape index (κ1) is 19.3. The van der Waals surface area contributed by atoms with Gasteiger partial charge in [-0.25, -0.2) is 4.90 Å². The molecular formula is C27H23NO3. The zero-order valence-corrected chi connectivity index (χ0v) is 17.2. The number of anilines is 1. The van der Waals surface area contributed by atoms with Gasteiger partial charge in [-0.2, -0.15) is 0 Å². The molecule has 0 bridgehead atoms. The Balaban J connectivity index is 1.60. The molecule has 4 atom stereocenters. The van der Waals surface area contributed by atoms with E-state index in [-0.39, 0.29) is 23.7 Å². The lowest BCUT2D eigenvalue weighted by molar-refractivity contribution is -0.122. The van der Waals surface area contributed by atoms with Crippen LogP contribution in [-0.2, 0) is 9.59 Å². The molecule has 1 heterocycles. The van der Waals surface area contributed by atoms with Crippen LogP contribution in [0.4, 0.5) is 5.69 Å². The number of ether oxygens (including phenoxy) is 1. The lowest BCUT2D eigenvalue weighted by atomic mass is 9.68. The van der Waals surface area contributed by atoms with Gasteiger partial charge in [-0.1, -0.05) is 72.8 Å². The Bertz CT molecular complexity index is 1050. The zero-order chi connectivity index (χ0) is 21.4. The van der Waals surface area contributed by atoms with Gasteiger partial charge in [0.15, 0.2) is 0 Å². The average molecular weight is 409 g/mol. The molecule has 3 aromatic rings. The second-order valence-electron chi connectivity index (χ2n) is 8.02. The predicted octanol–water partition coefficient (Wildman–Crippen LogP) is 4.94. The number of allylic oxidation sites excluding steroid dienone is 2. The number of amides is 2. The number of benzene rings is 3. The van der Waals surface area contributed by atoms with Crippen molar-refractivity contribution in [1.82, 2.24) is 0 Å². The summed E-state index contributed by atoms with van der Waals surface area (Å²) in [7, 11) is 1.59. The molecule has 2 amide bonds. The molecular weight excluding hydrogens is 386 g/mol. The van der Waals surface area contributed by atoms with Crippen LogP contribution >= 0.6 is 0 Å². The molecule has 0 unspecified atom stereocenters. The summed E-state index contributed by atoms with van der Waals surface area (Å²) in [5.41, 5.74) is 2.69. The fraction of sp³-hybridized carbons (Fsp3) is 0.185. The minimum Gasteiger partial charge on any atom is -0.497 e. The molecule has 1 aliphatic heterocycles. The number of rotatable bonds is 4. The van der Waals surface area contributed by atoms with Crippen molar-refractivity contribution < 1.29 is 14.3 Å². The van der Waals surface area contributed by atoms with E-state index >= 15 is 0 Å². The van der Waals surface area contributed by atoms with Gasteiger partial charge in [0, 0.05) is 11.8 Å². The molecule has 1 saturated heterocycles. The van der Waals surface area contributed by atoms with Gasteiger partial charge in [-0.3, -0.25) is 9.59 Å². The van der Waals surface area contributed by atoms with E-state index in [0.717, 1.165) is 11.1 Å². The van der Waals surface area contributed by atoms with Gasteiger partial charge in [0.1, 0.15) is 5.75 Å². The van der Waals surface area contributed by atoms with Crippen LogP contribution in [0.1, 0.15) is 23.0 Å². The van der Waals surface area contributed by atoms with E-state index in [1.54, 1.807) is 31.4 Å². The van der Waals surface area contributed by atoms with Crippen molar-refractivity contribution in [1.29, 1.82) is 0 Å². The number of hydrogen-bond acceptors (Lipinski definition) is 3. The Kier molecular flexibility index (Phi) is 4.91. The Labute approximate surface area is 181 Å². The summed E-state index contributed by atoms with van der Waals surface area (Å²) >= 11 is 0. The van der Waals surface area contributed by atoms with Crippen molar-refractivity contribution >= 4 is 17.5 Å². The highest BCUT2D eigenvalue weighted by Gasteiger charge is 2.55. The molecule has 154 valence electrons. The Morgan fingerprint density at radius 2 is 1.10 bits per heavy atom. The van der Waals surface area contributed by atoms with Crippen LogP contribution in [0.25, 0.3) is 0 Å². The second-order valence-corrected chi connectivity index (χ2v) is 8.02. The van der Waals surface area contributed by atoms with Crippen LogP contribution < -0.4 is 9.64 Å². The van der Waals surface area contributed by atoms with Crippen molar-refractivity contribution in [3.05, 3.63) is 108 Å². The van der Waals surface area contributed by atoms with Crippen molar-refractivity contribution in [3.8, 4) is 5.75 Å². The van der Waals surface area contributed by atoms with Gasteiger partial charge < -0.3 is 4.74 Å². The average Bonchev–Trinajstić information content (AvgIpc) is 3.10. The maximum Gasteiger partial charge on any atom is 0.238 e. The number of methoxy groups -OCH3 is 1. The maximum absolute atomic E-state index is 13.7. The number of fused-ring (bicyclic) bond motifs is 1. The highest BCUT2D eigenvalue weighted by atomic mass is 16.5. The fourth-order valence-electron chi connectivity index (χ4n) is 4.92. The third kappa shape index (κ3) is 3.25. The molecule has 1 fully saturated rings. The number of carbonyl (C=O) groups excluding carboxylic acids is 2. The molecule has 1 aliphatic carbocycles. The van der Waals surface area contributed by atoms with Crippen LogP contribution in [0.2, 0.25) is 0 Å². The largest absolute Gasteiger partial charge is 0.497 e. The first-order valence-corrected chi connectivity index (χ1v) is 10.5. The van der Waals surface area contributed by atoms with E-state index in [9.17, 15) is 9.59 Å². The summed E-state index contributed by atoms with van der Waals surface area (Å²) in [6, 6.07) is 27.1. The molecule has 4 nitrogen and oxygen atoms in total. The van der Waals surface area contributed by atoms with Crippen molar-refractivity contribution in [2.75, 3.05) is 12.0 Å². The van der Waals surface area contributed by atoms with Gasteiger partial charge in [0.2, 0.25) is 11.8 Å². The summed E-state index contributed by atoms with van der Waals surface area (Å²) in [6.45, 7) is 0. The Hall–Kier alpha value is -3.66. The Morgan fingerprint density at radius 1 is 0.645 bits per heavy atom. The third-order valence-corrected chi connectivity index (χ3v) is 6.40. The monoisotopic (exact) mass is 409 g/mol. The van der Waals surface area contributed by atoms with Gasteiger partial charge in [-0.15, -0.1) is 0 Å². The summed E-state index contributed by atoms with van der Waals surface area (Å²) < 4.78 is 5.23. The number of hydrogen-bond donors (Lipinski definition) is 0. The van der Waals surface area contributed by atoms with E-state index in [1.165, 1.54) is 4.90 Å². The van der Waals surface area contributed by atoms with E-state index in [0.29, 0.717) is 11.4 Å². The first-order chi connectivity index (χ1) is 15.2. The van der Waals surface area contributed by atoms with Gasteiger partial charge in [0.05, 0.1) is 24.6 Å². The van der Waals surface area contributed by atoms with E-state index in [4.69, 9.17) is 4.74 Å². The summed E-state index contributed by atoms with van der Waals surface area (Å²) in [6.07, 6.45) is 4.22. The maximum atomic E-state index is 13.7. The Morgan fingerprint density at radius 3 is 1.52 bits per heavy atom. The fourth-order valence-corrected chi connectivity index (χ4v) is 4.92. The topological polar surface area (TPSA) is 46.6 Å². The molecule has 3 aromatic carbocycles. The van der Waals surface area contributed by atoms with Crippen molar-refractivity contribution in [2.24, 2.45) is 11.8 Å². The lowest BCUT2D eigenvalue weighted by Gasteiger charge is -2.32. The van der Waals surface area contributed by atoms with Crippen LogP contribution in [0, 0.1) is 11.8 Å². The molecule has 0 N–H and O–H groups in total. The van der Waals surface area contributed by atoms with E-state index < -0.39 is 11.8 Å². The number of carbonyl (C=O) groups is 2. The SMILES string of the molecule is COc1ccc(N2C(=O)[C@@H]3[C@H](C2=O)[C@H](c2ccccc2)C=C[C@@H]3c2ccccc2)cc1. The van der Waals surface area contributed by atoms with Crippen molar-refractivity contribution in [3.63, 3.8) is 0 Å². The minimum absolute atomic E-state index is 0.133. The first-order valence-electron chi connectivity index (χ1n) is 10.5. The lowest BCUT2D eigenvalue weighted by Crippen LogP contribution is -2.31. The van der Waals surface area contributed by atoms with E-state index in [2.05, 4.69) is 12.2 Å². The molecule has 0 saturated carbocycles. The summed E-state index contributed by atoms with van der Waals surface area (Å²) in [4.78, 5) is 28.8. The summed E-state index contributed by atoms with van der Waals surface area (Å²) in [5.74, 6) is -0.735. The third-order valence-electron chi connectivity index (χ3n) is 6.40. The number of nitrogens with zero attached hydrogens (tertiary/aromatic N) is 1. The smallest absolute Gasteiger partial charge is 0.238 e.